The number of para-hydroxylation sites is 1. The van der Waals surface area contributed by atoms with Crippen LogP contribution in [0.3, 0.4) is 0 Å². The minimum atomic E-state index is -0.263. The predicted octanol–water partition coefficient (Wildman–Crippen LogP) is 2.78. The zero-order valence-corrected chi connectivity index (χ0v) is 18.2. The average Bonchev–Trinajstić information content (AvgIpc) is 3.18. The average molecular weight is 414 g/mol. The van der Waals surface area contributed by atoms with Gasteiger partial charge in [0.1, 0.15) is 0 Å². The lowest BCUT2D eigenvalue weighted by atomic mass is 9.83. The van der Waals surface area contributed by atoms with Crippen LogP contribution in [-0.4, -0.2) is 74.1 Å². The van der Waals surface area contributed by atoms with Crippen molar-refractivity contribution in [3.63, 3.8) is 0 Å². The second kappa shape index (κ2) is 9.92. The molecule has 164 valence electrons. The Balaban J connectivity index is 1.44. The number of fused-ring (bicyclic) bond motifs is 1. The zero-order valence-electron chi connectivity index (χ0n) is 18.2. The molecule has 0 aromatic heterocycles. The van der Waals surface area contributed by atoms with E-state index in [9.17, 15) is 9.59 Å². The first-order valence-electron chi connectivity index (χ1n) is 11.5. The summed E-state index contributed by atoms with van der Waals surface area (Å²) in [4.78, 5) is 32.5. The van der Waals surface area contributed by atoms with Gasteiger partial charge < -0.3 is 19.4 Å². The maximum Gasteiger partial charge on any atom is 0.228 e. The van der Waals surface area contributed by atoms with Gasteiger partial charge >= 0.3 is 0 Å². The summed E-state index contributed by atoms with van der Waals surface area (Å²) in [6, 6.07) is 10.3. The molecule has 0 bridgehead atoms. The van der Waals surface area contributed by atoms with E-state index in [1.54, 1.807) is 12.0 Å². The largest absolute Gasteiger partial charge is 0.383 e. The van der Waals surface area contributed by atoms with Crippen LogP contribution in [0.1, 0.15) is 38.5 Å². The van der Waals surface area contributed by atoms with Crippen LogP contribution in [0.5, 0.6) is 0 Å². The molecule has 3 fully saturated rings. The molecule has 3 saturated heterocycles. The van der Waals surface area contributed by atoms with Crippen molar-refractivity contribution in [1.29, 1.82) is 0 Å². The summed E-state index contributed by atoms with van der Waals surface area (Å²) in [6.45, 7) is 4.82. The zero-order chi connectivity index (χ0) is 20.9. The number of carbonyl (C=O) groups is 2. The molecule has 3 aliphatic rings. The fourth-order valence-electron chi connectivity index (χ4n) is 5.55. The molecule has 0 spiro atoms. The summed E-state index contributed by atoms with van der Waals surface area (Å²) < 4.78 is 5.31. The summed E-state index contributed by atoms with van der Waals surface area (Å²) in [5, 5.41) is 0. The van der Waals surface area contributed by atoms with Gasteiger partial charge in [0.25, 0.3) is 0 Å². The second-order valence-electron chi connectivity index (χ2n) is 9.02. The molecule has 3 heterocycles. The highest BCUT2D eigenvalue weighted by atomic mass is 16.5. The van der Waals surface area contributed by atoms with Crippen molar-refractivity contribution in [2.45, 2.75) is 44.6 Å². The van der Waals surface area contributed by atoms with Crippen molar-refractivity contribution in [2.75, 3.05) is 51.3 Å². The Morgan fingerprint density at radius 1 is 1.13 bits per heavy atom. The van der Waals surface area contributed by atoms with Crippen molar-refractivity contribution < 1.29 is 14.3 Å². The van der Waals surface area contributed by atoms with E-state index in [0.717, 1.165) is 12.2 Å². The number of methoxy groups -OCH3 is 1. The number of rotatable bonds is 7. The fourth-order valence-corrected chi connectivity index (χ4v) is 5.55. The van der Waals surface area contributed by atoms with E-state index in [1.165, 1.54) is 45.2 Å². The van der Waals surface area contributed by atoms with Gasteiger partial charge in [-0.1, -0.05) is 24.6 Å². The number of piperidine rings is 2. The Bertz CT molecular complexity index is 724. The van der Waals surface area contributed by atoms with Gasteiger partial charge in [-0.05, 0) is 56.8 Å². The fraction of sp³-hybridized carbons (Fsp3) is 0.667. The van der Waals surface area contributed by atoms with Crippen molar-refractivity contribution in [3.8, 4) is 0 Å². The number of ether oxygens (including phenoxy) is 1. The molecule has 0 saturated carbocycles. The van der Waals surface area contributed by atoms with Crippen molar-refractivity contribution in [3.05, 3.63) is 30.3 Å². The number of hydrogen-bond acceptors (Lipinski definition) is 4. The third-order valence-electron chi connectivity index (χ3n) is 7.10. The number of amides is 2. The molecule has 3 aliphatic heterocycles. The molecular weight excluding hydrogens is 378 g/mol. The molecule has 6 heteroatoms. The van der Waals surface area contributed by atoms with E-state index in [-0.39, 0.29) is 17.7 Å². The Morgan fingerprint density at radius 3 is 2.73 bits per heavy atom. The first-order chi connectivity index (χ1) is 14.7. The maximum absolute atomic E-state index is 13.5. The number of nitrogens with zero attached hydrogens (tertiary/aromatic N) is 3. The van der Waals surface area contributed by atoms with Crippen molar-refractivity contribution in [2.24, 2.45) is 11.8 Å². The predicted molar refractivity (Wildman–Crippen MR) is 117 cm³/mol. The van der Waals surface area contributed by atoms with E-state index >= 15 is 0 Å². The monoisotopic (exact) mass is 413 g/mol. The van der Waals surface area contributed by atoms with E-state index in [0.29, 0.717) is 38.1 Å². The molecular formula is C24H35N3O3. The van der Waals surface area contributed by atoms with Gasteiger partial charge in [0.2, 0.25) is 11.8 Å². The number of anilines is 1. The van der Waals surface area contributed by atoms with Crippen LogP contribution in [0.25, 0.3) is 0 Å². The van der Waals surface area contributed by atoms with E-state index in [4.69, 9.17) is 4.74 Å². The van der Waals surface area contributed by atoms with Gasteiger partial charge in [0, 0.05) is 44.9 Å². The maximum atomic E-state index is 13.5. The molecule has 3 atom stereocenters. The van der Waals surface area contributed by atoms with Crippen LogP contribution in [-0.2, 0) is 14.3 Å². The van der Waals surface area contributed by atoms with Gasteiger partial charge in [0.15, 0.2) is 0 Å². The summed E-state index contributed by atoms with van der Waals surface area (Å²) in [6.07, 6.45) is 6.56. The van der Waals surface area contributed by atoms with E-state index in [2.05, 4.69) is 4.90 Å². The minimum absolute atomic E-state index is 0.0439. The van der Waals surface area contributed by atoms with Gasteiger partial charge in [-0.3, -0.25) is 9.59 Å². The number of carbonyl (C=O) groups excluding carboxylic acids is 2. The molecule has 0 N–H and O–H groups in total. The lowest BCUT2D eigenvalue weighted by Gasteiger charge is -2.46. The second-order valence-corrected chi connectivity index (χ2v) is 9.02. The third-order valence-corrected chi connectivity index (χ3v) is 7.10. The van der Waals surface area contributed by atoms with Crippen LogP contribution in [0.15, 0.2) is 30.3 Å². The normalized spacial score (nSPS) is 27.2. The molecule has 0 radical (unpaired) electrons. The number of hydrogen-bond donors (Lipinski definition) is 0. The van der Waals surface area contributed by atoms with Crippen LogP contribution in [0.2, 0.25) is 0 Å². The van der Waals surface area contributed by atoms with E-state index in [1.807, 2.05) is 35.2 Å². The summed E-state index contributed by atoms with van der Waals surface area (Å²) in [5.41, 5.74) is 0.881. The van der Waals surface area contributed by atoms with Crippen LogP contribution < -0.4 is 4.90 Å². The molecule has 0 aliphatic carbocycles. The first kappa shape index (κ1) is 21.3. The number of benzene rings is 1. The Hall–Kier alpha value is -1.92. The van der Waals surface area contributed by atoms with E-state index < -0.39 is 0 Å². The van der Waals surface area contributed by atoms with Gasteiger partial charge in [0.05, 0.1) is 12.5 Å². The van der Waals surface area contributed by atoms with Crippen LogP contribution >= 0.6 is 0 Å². The highest BCUT2D eigenvalue weighted by Crippen LogP contribution is 2.32. The molecule has 2 amide bonds. The van der Waals surface area contributed by atoms with Crippen LogP contribution in [0.4, 0.5) is 5.69 Å². The topological polar surface area (TPSA) is 53.1 Å². The van der Waals surface area contributed by atoms with Gasteiger partial charge in [-0.15, -0.1) is 0 Å². The minimum Gasteiger partial charge on any atom is -0.383 e. The summed E-state index contributed by atoms with van der Waals surface area (Å²) in [7, 11) is 1.68. The molecule has 6 nitrogen and oxygen atoms in total. The highest BCUT2D eigenvalue weighted by molar-refractivity contribution is 6.00. The van der Waals surface area contributed by atoms with Gasteiger partial charge in [-0.2, -0.15) is 0 Å². The Labute approximate surface area is 180 Å². The van der Waals surface area contributed by atoms with Crippen molar-refractivity contribution >= 4 is 17.5 Å². The molecule has 0 unspecified atom stereocenters. The Kier molecular flexibility index (Phi) is 7.05. The first-order valence-corrected chi connectivity index (χ1v) is 11.5. The molecule has 4 rings (SSSR count). The summed E-state index contributed by atoms with van der Waals surface area (Å²) >= 11 is 0. The smallest absolute Gasteiger partial charge is 0.228 e. The lowest BCUT2D eigenvalue weighted by Crippen LogP contribution is -2.52. The van der Waals surface area contributed by atoms with Crippen molar-refractivity contribution in [1.82, 2.24) is 9.80 Å². The molecule has 1 aromatic carbocycles. The standard InChI is InChI=1S/C24H35N3O3/c1-30-15-14-26(17-19-8-7-13-25-12-6-5-11-22(19)25)24(29)20-16-23(28)27(18-20)21-9-3-2-4-10-21/h2-4,9-10,19-20,22H,5-8,11-18H2,1H3/t19-,20-,22+/m0/s1. The SMILES string of the molecule is COCCN(C[C@@H]1CCCN2CCCC[C@H]12)C(=O)[C@H]1CC(=O)N(c2ccccc2)C1. The van der Waals surface area contributed by atoms with Gasteiger partial charge in [-0.25, -0.2) is 0 Å². The summed E-state index contributed by atoms with van der Waals surface area (Å²) in [5.74, 6) is 0.428. The molecule has 1 aromatic rings. The third kappa shape index (κ3) is 4.70. The Morgan fingerprint density at radius 2 is 1.93 bits per heavy atom. The lowest BCUT2D eigenvalue weighted by molar-refractivity contribution is -0.137. The quantitative estimate of drug-likeness (QED) is 0.690. The van der Waals surface area contributed by atoms with Crippen LogP contribution in [0, 0.1) is 11.8 Å². The highest BCUT2D eigenvalue weighted by Gasteiger charge is 2.39. The molecule has 30 heavy (non-hydrogen) atoms.